The highest BCUT2D eigenvalue weighted by Crippen LogP contribution is 2.42. The summed E-state index contributed by atoms with van der Waals surface area (Å²) in [6, 6.07) is 20.2. The van der Waals surface area contributed by atoms with Crippen molar-refractivity contribution < 1.29 is 14.0 Å². The van der Waals surface area contributed by atoms with Crippen LogP contribution >= 0.6 is 11.3 Å². The van der Waals surface area contributed by atoms with Crippen LogP contribution in [0.5, 0.6) is 0 Å². The number of thiophene rings is 1. The Kier molecular flexibility index (Phi) is 7.49. The molecule has 5 nitrogen and oxygen atoms in total. The van der Waals surface area contributed by atoms with E-state index in [-0.39, 0.29) is 30.2 Å². The molecule has 2 aromatic carbocycles. The lowest BCUT2D eigenvalue weighted by molar-refractivity contribution is -0.136. The van der Waals surface area contributed by atoms with Crippen LogP contribution in [0.4, 0.5) is 4.39 Å². The Balaban J connectivity index is 1.51. The van der Waals surface area contributed by atoms with Crippen LogP contribution in [0.15, 0.2) is 66.7 Å². The molecule has 2 aliphatic rings. The predicted octanol–water partition coefficient (Wildman–Crippen LogP) is 7.18. The van der Waals surface area contributed by atoms with Crippen molar-refractivity contribution in [2.75, 3.05) is 0 Å². The summed E-state index contributed by atoms with van der Waals surface area (Å²) >= 11 is 1.70. The first-order valence-corrected chi connectivity index (χ1v) is 15.4. The maximum absolute atomic E-state index is 14.7. The Morgan fingerprint density at radius 3 is 2.48 bits per heavy atom. The van der Waals surface area contributed by atoms with Gasteiger partial charge in [-0.3, -0.25) is 9.59 Å². The van der Waals surface area contributed by atoms with Crippen molar-refractivity contribution in [3.05, 3.63) is 94.2 Å². The first kappa shape index (κ1) is 26.8. The summed E-state index contributed by atoms with van der Waals surface area (Å²) in [4.78, 5) is 32.1. The van der Waals surface area contributed by atoms with Crippen LogP contribution in [0.2, 0.25) is 0 Å². The lowest BCUT2D eigenvalue weighted by atomic mass is 9.83. The molecule has 1 aliphatic heterocycles. The first-order chi connectivity index (χ1) is 19.5. The molecular formula is C33H36FN3O2S. The van der Waals surface area contributed by atoms with Crippen LogP contribution in [-0.2, 0) is 29.8 Å². The van der Waals surface area contributed by atoms with E-state index in [0.717, 1.165) is 47.9 Å². The fraction of sp³-hybridized carbons (Fsp3) is 0.394. The van der Waals surface area contributed by atoms with E-state index < -0.39 is 5.54 Å². The van der Waals surface area contributed by atoms with Gasteiger partial charge in [-0.1, -0.05) is 81.5 Å². The minimum absolute atomic E-state index is 0.0680. The second-order valence-corrected chi connectivity index (χ2v) is 12.4. The van der Waals surface area contributed by atoms with Gasteiger partial charge in [-0.25, -0.2) is 4.39 Å². The number of benzene rings is 2. The van der Waals surface area contributed by atoms with Crippen molar-refractivity contribution in [1.82, 2.24) is 14.8 Å². The van der Waals surface area contributed by atoms with Crippen LogP contribution in [0.1, 0.15) is 78.4 Å². The summed E-state index contributed by atoms with van der Waals surface area (Å²) in [5.41, 5.74) is 1.70. The Labute approximate surface area is 239 Å². The van der Waals surface area contributed by atoms with E-state index in [0.29, 0.717) is 17.8 Å². The Hall–Kier alpha value is -3.45. The molecule has 6 rings (SSSR count). The minimum Gasteiger partial charge on any atom is -0.351 e. The third-order valence-corrected chi connectivity index (χ3v) is 9.81. The fourth-order valence-electron chi connectivity index (χ4n) is 6.46. The van der Waals surface area contributed by atoms with Crippen LogP contribution < -0.4 is 5.32 Å². The average molecular weight is 558 g/mol. The number of halogens is 1. The van der Waals surface area contributed by atoms with Gasteiger partial charge >= 0.3 is 0 Å². The number of hydrogen-bond donors (Lipinski definition) is 1. The Morgan fingerprint density at radius 2 is 1.75 bits per heavy atom. The number of amides is 2. The summed E-state index contributed by atoms with van der Waals surface area (Å²) in [5, 5.41) is 3.41. The van der Waals surface area contributed by atoms with Crippen molar-refractivity contribution in [3.8, 4) is 0 Å². The lowest BCUT2D eigenvalue weighted by Crippen LogP contribution is -2.64. The standard InChI is InChI=1S/C33H36FN3O2S/c1-2-27-19-28-30(40-27)20-29-31(38)37(21-23-12-11-15-25(34)18-23)33(22-36(28)29,24-13-7-6-8-14-24)32(39)35-26-16-9-4-3-5-10-17-26/h6-8,11-15,18-20,26H,2-5,9-10,16-17,21-22H2,1H3,(H,35,39)/t33-/m1/s1. The van der Waals surface area contributed by atoms with Gasteiger partial charge in [0.15, 0.2) is 5.54 Å². The van der Waals surface area contributed by atoms with Gasteiger partial charge in [0, 0.05) is 17.5 Å². The third kappa shape index (κ3) is 4.85. The monoisotopic (exact) mass is 557 g/mol. The fourth-order valence-corrected chi connectivity index (χ4v) is 7.50. The number of fused-ring (bicyclic) bond motifs is 3. The van der Waals surface area contributed by atoms with Crippen molar-refractivity contribution in [2.45, 2.75) is 83.0 Å². The maximum Gasteiger partial charge on any atom is 0.272 e. The molecule has 0 saturated heterocycles. The molecule has 7 heteroatoms. The molecule has 2 aromatic heterocycles. The summed E-state index contributed by atoms with van der Waals surface area (Å²) in [6.07, 6.45) is 8.60. The SMILES string of the molecule is CCc1cc2c(cc3n2C[C@](C(=O)NC2CCCCCCC2)(c2ccccc2)N(Cc2cccc(F)c2)C3=O)s1. The molecule has 1 fully saturated rings. The third-order valence-electron chi connectivity index (χ3n) is 8.60. The quantitative estimate of drug-likeness (QED) is 0.273. The number of nitrogens with zero attached hydrogens (tertiary/aromatic N) is 2. The van der Waals surface area contributed by atoms with E-state index >= 15 is 0 Å². The molecule has 3 heterocycles. The molecule has 0 unspecified atom stereocenters. The molecule has 208 valence electrons. The molecule has 0 bridgehead atoms. The van der Waals surface area contributed by atoms with E-state index in [9.17, 15) is 14.0 Å². The van der Waals surface area contributed by atoms with E-state index in [2.05, 4.69) is 18.3 Å². The number of carbonyl (C=O) groups is 2. The maximum atomic E-state index is 14.7. The van der Waals surface area contributed by atoms with Gasteiger partial charge < -0.3 is 14.8 Å². The number of rotatable bonds is 6. The summed E-state index contributed by atoms with van der Waals surface area (Å²) in [7, 11) is 0. The molecule has 1 N–H and O–H groups in total. The molecule has 1 atom stereocenters. The van der Waals surface area contributed by atoms with Gasteiger partial charge in [0.1, 0.15) is 11.5 Å². The summed E-state index contributed by atoms with van der Waals surface area (Å²) in [6.45, 7) is 2.56. The average Bonchev–Trinajstić information content (AvgIpc) is 3.50. The van der Waals surface area contributed by atoms with Crippen molar-refractivity contribution in [2.24, 2.45) is 0 Å². The predicted molar refractivity (Wildman–Crippen MR) is 158 cm³/mol. The number of carbonyl (C=O) groups excluding carboxylic acids is 2. The molecule has 0 spiro atoms. The van der Waals surface area contributed by atoms with Crippen LogP contribution in [-0.4, -0.2) is 27.3 Å². The molecule has 0 radical (unpaired) electrons. The van der Waals surface area contributed by atoms with E-state index in [4.69, 9.17) is 0 Å². The van der Waals surface area contributed by atoms with Crippen molar-refractivity contribution >= 4 is 33.4 Å². The van der Waals surface area contributed by atoms with Gasteiger partial charge in [0.25, 0.3) is 11.8 Å². The van der Waals surface area contributed by atoms with Crippen LogP contribution in [0.3, 0.4) is 0 Å². The van der Waals surface area contributed by atoms with Crippen molar-refractivity contribution in [3.63, 3.8) is 0 Å². The Bertz CT molecular complexity index is 1520. The topological polar surface area (TPSA) is 54.3 Å². The summed E-state index contributed by atoms with van der Waals surface area (Å²) in [5.74, 6) is -0.733. The van der Waals surface area contributed by atoms with Gasteiger partial charge in [-0.05, 0) is 54.7 Å². The highest BCUT2D eigenvalue weighted by molar-refractivity contribution is 7.19. The van der Waals surface area contributed by atoms with Gasteiger partial charge in [-0.15, -0.1) is 11.3 Å². The summed E-state index contributed by atoms with van der Waals surface area (Å²) < 4.78 is 17.4. The van der Waals surface area contributed by atoms with Gasteiger partial charge in [0.2, 0.25) is 0 Å². The highest BCUT2D eigenvalue weighted by atomic mass is 32.1. The Morgan fingerprint density at radius 1 is 1.00 bits per heavy atom. The molecule has 1 aliphatic carbocycles. The smallest absolute Gasteiger partial charge is 0.272 e. The van der Waals surface area contributed by atoms with E-state index in [1.807, 2.05) is 47.0 Å². The normalized spacial score (nSPS) is 20.2. The number of nitrogens with one attached hydrogen (secondary N) is 1. The molecule has 40 heavy (non-hydrogen) atoms. The zero-order chi connectivity index (χ0) is 27.7. The lowest BCUT2D eigenvalue weighted by Gasteiger charge is -2.47. The number of aryl methyl sites for hydroxylation is 1. The van der Waals surface area contributed by atoms with Crippen LogP contribution in [0, 0.1) is 5.82 Å². The second kappa shape index (κ2) is 11.2. The largest absolute Gasteiger partial charge is 0.351 e. The van der Waals surface area contributed by atoms with Crippen LogP contribution in [0.25, 0.3) is 10.2 Å². The zero-order valence-electron chi connectivity index (χ0n) is 23.0. The number of hydrogen-bond acceptors (Lipinski definition) is 3. The zero-order valence-corrected chi connectivity index (χ0v) is 23.8. The van der Waals surface area contributed by atoms with E-state index in [1.165, 1.54) is 36.3 Å². The minimum atomic E-state index is -1.29. The van der Waals surface area contributed by atoms with E-state index in [1.54, 1.807) is 22.3 Å². The first-order valence-electron chi connectivity index (χ1n) is 14.5. The van der Waals surface area contributed by atoms with Crippen molar-refractivity contribution in [1.29, 1.82) is 0 Å². The molecule has 4 aromatic rings. The molecule has 2 amide bonds. The molecular weight excluding hydrogens is 521 g/mol. The second-order valence-electron chi connectivity index (χ2n) is 11.2. The number of aromatic nitrogens is 1. The van der Waals surface area contributed by atoms with Gasteiger partial charge in [0.05, 0.1) is 16.8 Å². The molecule has 1 saturated carbocycles. The highest BCUT2D eigenvalue weighted by Gasteiger charge is 2.53. The van der Waals surface area contributed by atoms with Gasteiger partial charge in [-0.2, -0.15) is 0 Å².